The highest BCUT2D eigenvalue weighted by molar-refractivity contribution is 5.85. The van der Waals surface area contributed by atoms with Gasteiger partial charge in [-0.1, -0.05) is 26.7 Å². The van der Waals surface area contributed by atoms with Crippen molar-refractivity contribution in [2.24, 2.45) is 5.92 Å². The van der Waals surface area contributed by atoms with E-state index in [1.165, 1.54) is 0 Å². The molecule has 0 aliphatic carbocycles. The highest BCUT2D eigenvalue weighted by Crippen LogP contribution is 2.19. The van der Waals surface area contributed by atoms with E-state index >= 15 is 0 Å². The fourth-order valence-corrected chi connectivity index (χ4v) is 2.51. The molecule has 0 spiro atoms. The topological polar surface area (TPSA) is 69.6 Å². The van der Waals surface area contributed by atoms with E-state index in [4.69, 9.17) is 5.11 Å². The molecule has 0 bridgehead atoms. The van der Waals surface area contributed by atoms with E-state index < -0.39 is 12.0 Å². The van der Waals surface area contributed by atoms with Gasteiger partial charge >= 0.3 is 5.97 Å². The van der Waals surface area contributed by atoms with Gasteiger partial charge < -0.3 is 15.3 Å². The zero-order chi connectivity index (χ0) is 13.5. The second kappa shape index (κ2) is 7.36. The van der Waals surface area contributed by atoms with Crippen molar-refractivity contribution in [1.29, 1.82) is 0 Å². The SMILES string of the molecule is CCCC(CCC)C(=O)N1CCNCC1C(=O)O. The predicted octanol–water partition coefficient (Wildman–Crippen LogP) is 1.09. The van der Waals surface area contributed by atoms with Crippen LogP contribution in [0.3, 0.4) is 0 Å². The number of carboxylic acids is 1. The molecule has 104 valence electrons. The van der Waals surface area contributed by atoms with Crippen LogP contribution in [0.1, 0.15) is 39.5 Å². The standard InChI is InChI=1S/C13H24N2O3/c1-3-5-10(6-4-2)12(16)15-8-7-14-9-11(15)13(17)18/h10-11,14H,3-9H2,1-2H3,(H,17,18). The van der Waals surface area contributed by atoms with Crippen molar-refractivity contribution in [3.05, 3.63) is 0 Å². The molecule has 1 aliphatic rings. The van der Waals surface area contributed by atoms with E-state index in [2.05, 4.69) is 19.2 Å². The third kappa shape index (κ3) is 3.70. The van der Waals surface area contributed by atoms with E-state index in [1.807, 2.05) is 0 Å². The molecular formula is C13H24N2O3. The summed E-state index contributed by atoms with van der Waals surface area (Å²) >= 11 is 0. The summed E-state index contributed by atoms with van der Waals surface area (Å²) in [6.45, 7) is 5.65. The fourth-order valence-electron chi connectivity index (χ4n) is 2.51. The van der Waals surface area contributed by atoms with E-state index in [-0.39, 0.29) is 11.8 Å². The molecule has 1 saturated heterocycles. The Balaban J connectivity index is 2.73. The molecule has 18 heavy (non-hydrogen) atoms. The van der Waals surface area contributed by atoms with Crippen molar-refractivity contribution in [3.8, 4) is 0 Å². The summed E-state index contributed by atoms with van der Waals surface area (Å²) in [4.78, 5) is 25.2. The number of piperazine rings is 1. The van der Waals surface area contributed by atoms with Crippen LogP contribution in [-0.2, 0) is 9.59 Å². The minimum Gasteiger partial charge on any atom is -0.480 e. The Morgan fingerprint density at radius 2 is 1.94 bits per heavy atom. The van der Waals surface area contributed by atoms with Crippen molar-refractivity contribution >= 4 is 11.9 Å². The Morgan fingerprint density at radius 3 is 2.44 bits per heavy atom. The van der Waals surface area contributed by atoms with Crippen LogP contribution in [0.15, 0.2) is 0 Å². The van der Waals surface area contributed by atoms with E-state index in [9.17, 15) is 9.59 Å². The second-order valence-corrected chi connectivity index (χ2v) is 4.86. The van der Waals surface area contributed by atoms with Gasteiger partial charge in [-0.15, -0.1) is 0 Å². The molecule has 0 aromatic heterocycles. The summed E-state index contributed by atoms with van der Waals surface area (Å²) < 4.78 is 0. The quantitative estimate of drug-likeness (QED) is 0.746. The number of carbonyl (C=O) groups excluding carboxylic acids is 1. The average molecular weight is 256 g/mol. The maximum atomic E-state index is 12.4. The van der Waals surface area contributed by atoms with E-state index in [0.29, 0.717) is 19.6 Å². The monoisotopic (exact) mass is 256 g/mol. The van der Waals surface area contributed by atoms with Crippen LogP contribution in [0.2, 0.25) is 0 Å². The first-order valence-electron chi connectivity index (χ1n) is 6.85. The maximum absolute atomic E-state index is 12.4. The highest BCUT2D eigenvalue weighted by atomic mass is 16.4. The van der Waals surface area contributed by atoms with Crippen molar-refractivity contribution < 1.29 is 14.7 Å². The Hall–Kier alpha value is -1.10. The summed E-state index contributed by atoms with van der Waals surface area (Å²) in [6.07, 6.45) is 3.62. The largest absolute Gasteiger partial charge is 0.480 e. The lowest BCUT2D eigenvalue weighted by Crippen LogP contribution is -2.58. The number of nitrogens with one attached hydrogen (secondary N) is 1. The lowest BCUT2D eigenvalue weighted by atomic mass is 9.95. The smallest absolute Gasteiger partial charge is 0.327 e. The molecule has 1 atom stereocenters. The van der Waals surface area contributed by atoms with Gasteiger partial charge in [0.05, 0.1) is 0 Å². The number of nitrogens with zero attached hydrogens (tertiary/aromatic N) is 1. The molecule has 2 N–H and O–H groups in total. The fraction of sp³-hybridized carbons (Fsp3) is 0.846. The molecule has 1 amide bonds. The number of carboxylic acid groups (broad SMARTS) is 1. The Kier molecular flexibility index (Phi) is 6.12. The minimum absolute atomic E-state index is 0.0139. The van der Waals surface area contributed by atoms with Crippen LogP contribution < -0.4 is 5.32 Å². The van der Waals surface area contributed by atoms with Gasteiger partial charge in [-0.25, -0.2) is 4.79 Å². The number of hydrogen-bond acceptors (Lipinski definition) is 3. The number of rotatable bonds is 6. The number of hydrogen-bond donors (Lipinski definition) is 2. The van der Waals surface area contributed by atoms with Crippen LogP contribution in [0.4, 0.5) is 0 Å². The minimum atomic E-state index is -0.915. The molecule has 1 heterocycles. The van der Waals surface area contributed by atoms with E-state index in [1.54, 1.807) is 4.90 Å². The van der Waals surface area contributed by atoms with Gasteiger partial charge in [-0.2, -0.15) is 0 Å². The molecule has 0 radical (unpaired) electrons. The molecule has 0 aromatic carbocycles. The first-order valence-corrected chi connectivity index (χ1v) is 6.85. The van der Waals surface area contributed by atoms with Crippen LogP contribution >= 0.6 is 0 Å². The van der Waals surface area contributed by atoms with Gasteiger partial charge in [0.15, 0.2) is 0 Å². The van der Waals surface area contributed by atoms with Gasteiger partial charge in [-0.05, 0) is 12.8 Å². The van der Waals surface area contributed by atoms with Gasteiger partial charge in [0.25, 0.3) is 0 Å². The Bertz CT molecular complexity index is 288. The second-order valence-electron chi connectivity index (χ2n) is 4.86. The first kappa shape index (κ1) is 15.0. The Morgan fingerprint density at radius 1 is 1.33 bits per heavy atom. The summed E-state index contributed by atoms with van der Waals surface area (Å²) in [5.41, 5.74) is 0. The third-order valence-electron chi connectivity index (χ3n) is 3.44. The van der Waals surface area contributed by atoms with Crippen molar-refractivity contribution in [1.82, 2.24) is 10.2 Å². The van der Waals surface area contributed by atoms with Gasteiger partial charge in [0, 0.05) is 25.6 Å². The molecular weight excluding hydrogens is 232 g/mol. The molecule has 5 nitrogen and oxygen atoms in total. The van der Waals surface area contributed by atoms with Crippen LogP contribution in [-0.4, -0.2) is 47.6 Å². The third-order valence-corrected chi connectivity index (χ3v) is 3.44. The number of carbonyl (C=O) groups is 2. The molecule has 1 unspecified atom stereocenters. The average Bonchev–Trinajstić information content (AvgIpc) is 2.37. The van der Waals surface area contributed by atoms with Crippen LogP contribution in [0.25, 0.3) is 0 Å². The first-order chi connectivity index (χ1) is 8.61. The van der Waals surface area contributed by atoms with Gasteiger partial charge in [-0.3, -0.25) is 4.79 Å². The van der Waals surface area contributed by atoms with Crippen molar-refractivity contribution in [2.45, 2.75) is 45.6 Å². The molecule has 1 rings (SSSR count). The van der Waals surface area contributed by atoms with E-state index in [0.717, 1.165) is 25.7 Å². The van der Waals surface area contributed by atoms with Crippen LogP contribution in [0.5, 0.6) is 0 Å². The van der Waals surface area contributed by atoms with Gasteiger partial charge in [0.2, 0.25) is 5.91 Å². The van der Waals surface area contributed by atoms with Crippen molar-refractivity contribution in [3.63, 3.8) is 0 Å². The van der Waals surface area contributed by atoms with Gasteiger partial charge in [0.1, 0.15) is 6.04 Å². The summed E-state index contributed by atoms with van der Waals surface area (Å²) in [7, 11) is 0. The molecule has 0 aromatic rings. The van der Waals surface area contributed by atoms with Crippen molar-refractivity contribution in [2.75, 3.05) is 19.6 Å². The number of amides is 1. The zero-order valence-electron chi connectivity index (χ0n) is 11.3. The zero-order valence-corrected chi connectivity index (χ0v) is 11.3. The molecule has 1 fully saturated rings. The highest BCUT2D eigenvalue weighted by Gasteiger charge is 2.34. The lowest BCUT2D eigenvalue weighted by Gasteiger charge is -2.35. The number of aliphatic carboxylic acids is 1. The Labute approximate surface area is 109 Å². The summed E-state index contributed by atoms with van der Waals surface area (Å²) in [5, 5.41) is 12.2. The summed E-state index contributed by atoms with van der Waals surface area (Å²) in [6, 6.07) is -0.706. The summed E-state index contributed by atoms with van der Waals surface area (Å²) in [5.74, 6) is -0.908. The normalized spacial score (nSPS) is 20.2. The van der Waals surface area contributed by atoms with Crippen LogP contribution in [0, 0.1) is 5.92 Å². The molecule has 1 aliphatic heterocycles. The maximum Gasteiger partial charge on any atom is 0.327 e. The lowest BCUT2D eigenvalue weighted by molar-refractivity contribution is -0.153. The predicted molar refractivity (Wildman–Crippen MR) is 69.3 cm³/mol. The molecule has 0 saturated carbocycles. The molecule has 5 heteroatoms.